The molecule has 5 heteroatoms. The van der Waals surface area contributed by atoms with E-state index in [4.69, 9.17) is 18.0 Å². The van der Waals surface area contributed by atoms with Gasteiger partial charge < -0.3 is 16.0 Å². The molecule has 0 aliphatic rings. The summed E-state index contributed by atoms with van der Waals surface area (Å²) in [5, 5.41) is 2.83. The van der Waals surface area contributed by atoms with Crippen molar-refractivity contribution >= 4 is 34.5 Å². The molecule has 2 aromatic rings. The van der Waals surface area contributed by atoms with E-state index in [2.05, 4.69) is 5.32 Å². The zero-order chi connectivity index (χ0) is 15.4. The van der Waals surface area contributed by atoms with Gasteiger partial charge in [0.05, 0.1) is 0 Å². The second kappa shape index (κ2) is 6.37. The predicted molar refractivity (Wildman–Crippen MR) is 91.1 cm³/mol. The van der Waals surface area contributed by atoms with Crippen LogP contribution in [0.1, 0.15) is 15.9 Å². The summed E-state index contributed by atoms with van der Waals surface area (Å²) in [6, 6.07) is 14.6. The third-order valence-corrected chi connectivity index (χ3v) is 3.29. The first-order chi connectivity index (χ1) is 9.97. The van der Waals surface area contributed by atoms with Gasteiger partial charge in [0.1, 0.15) is 4.99 Å². The lowest BCUT2D eigenvalue weighted by Crippen LogP contribution is -2.14. The number of hydrogen-bond acceptors (Lipinski definition) is 3. The first-order valence-electron chi connectivity index (χ1n) is 6.46. The van der Waals surface area contributed by atoms with Crippen LogP contribution in [0.15, 0.2) is 48.5 Å². The third-order valence-electron chi connectivity index (χ3n) is 3.05. The maximum atomic E-state index is 12.2. The van der Waals surface area contributed by atoms with Crippen molar-refractivity contribution in [2.75, 3.05) is 24.3 Å². The van der Waals surface area contributed by atoms with Gasteiger partial charge in [-0.1, -0.05) is 24.4 Å². The Bertz CT molecular complexity index is 665. The van der Waals surface area contributed by atoms with Gasteiger partial charge in [-0.15, -0.1) is 0 Å². The highest BCUT2D eigenvalue weighted by molar-refractivity contribution is 7.80. The van der Waals surface area contributed by atoms with Crippen LogP contribution in [-0.2, 0) is 0 Å². The number of carbonyl (C=O) groups excluding carboxylic acids is 1. The Kier molecular flexibility index (Phi) is 4.55. The second-order valence-electron chi connectivity index (χ2n) is 4.84. The molecule has 0 heterocycles. The fourth-order valence-corrected chi connectivity index (χ4v) is 1.99. The Morgan fingerprint density at radius 2 is 1.76 bits per heavy atom. The molecule has 0 aromatic heterocycles. The van der Waals surface area contributed by atoms with Crippen molar-refractivity contribution in [3.8, 4) is 0 Å². The van der Waals surface area contributed by atoms with E-state index in [1.807, 2.05) is 37.2 Å². The van der Waals surface area contributed by atoms with E-state index in [9.17, 15) is 4.79 Å². The number of carbonyl (C=O) groups is 1. The molecule has 0 aliphatic heterocycles. The molecule has 0 spiro atoms. The minimum Gasteiger partial charge on any atom is -0.389 e. The highest BCUT2D eigenvalue weighted by atomic mass is 32.1. The Hall–Kier alpha value is -2.40. The number of nitrogens with zero attached hydrogens (tertiary/aromatic N) is 1. The molecule has 3 N–H and O–H groups in total. The molecule has 0 fully saturated rings. The van der Waals surface area contributed by atoms with Crippen molar-refractivity contribution in [3.05, 3.63) is 59.7 Å². The number of benzene rings is 2. The predicted octanol–water partition coefficient (Wildman–Crippen LogP) is 2.64. The first kappa shape index (κ1) is 15.0. The fraction of sp³-hybridized carbons (Fsp3) is 0.125. The maximum absolute atomic E-state index is 12.2. The monoisotopic (exact) mass is 299 g/mol. The summed E-state index contributed by atoms with van der Waals surface area (Å²) in [4.78, 5) is 14.5. The average Bonchev–Trinajstić information content (AvgIpc) is 2.47. The van der Waals surface area contributed by atoms with Crippen LogP contribution < -0.4 is 16.0 Å². The number of thiocarbonyl (C=S) groups is 1. The molecule has 0 bridgehead atoms. The number of rotatable bonds is 4. The Labute approximate surface area is 129 Å². The summed E-state index contributed by atoms with van der Waals surface area (Å²) in [5.74, 6) is -0.166. The van der Waals surface area contributed by atoms with E-state index < -0.39 is 0 Å². The summed E-state index contributed by atoms with van der Waals surface area (Å²) in [7, 11) is 3.91. The van der Waals surface area contributed by atoms with E-state index >= 15 is 0 Å². The summed E-state index contributed by atoms with van der Waals surface area (Å²) >= 11 is 4.93. The highest BCUT2D eigenvalue weighted by Crippen LogP contribution is 2.15. The van der Waals surface area contributed by atoms with Crippen LogP contribution in [0, 0.1) is 0 Å². The summed E-state index contributed by atoms with van der Waals surface area (Å²) in [6.45, 7) is 0. The van der Waals surface area contributed by atoms with Crippen LogP contribution in [-0.4, -0.2) is 25.0 Å². The highest BCUT2D eigenvalue weighted by Gasteiger charge is 2.07. The second-order valence-corrected chi connectivity index (χ2v) is 5.28. The van der Waals surface area contributed by atoms with Crippen LogP contribution in [0.3, 0.4) is 0 Å². The van der Waals surface area contributed by atoms with Gasteiger partial charge >= 0.3 is 0 Å². The Morgan fingerprint density at radius 1 is 1.10 bits per heavy atom. The lowest BCUT2D eigenvalue weighted by molar-refractivity contribution is 0.102. The summed E-state index contributed by atoms with van der Waals surface area (Å²) in [5.41, 5.74) is 8.62. The van der Waals surface area contributed by atoms with Crippen molar-refractivity contribution in [2.24, 2.45) is 5.73 Å². The molecule has 4 nitrogen and oxygen atoms in total. The molecule has 108 valence electrons. The molecule has 2 rings (SSSR count). The molecule has 0 saturated carbocycles. The maximum Gasteiger partial charge on any atom is 0.255 e. The van der Waals surface area contributed by atoms with Crippen LogP contribution >= 0.6 is 12.2 Å². The average molecular weight is 299 g/mol. The van der Waals surface area contributed by atoms with Crippen LogP contribution in [0.2, 0.25) is 0 Å². The zero-order valence-electron chi connectivity index (χ0n) is 12.0. The number of amides is 1. The van der Waals surface area contributed by atoms with Crippen LogP contribution in [0.4, 0.5) is 11.4 Å². The molecule has 0 atom stereocenters. The van der Waals surface area contributed by atoms with Crippen molar-refractivity contribution in [2.45, 2.75) is 0 Å². The van der Waals surface area contributed by atoms with E-state index in [1.54, 1.807) is 30.3 Å². The number of anilines is 2. The van der Waals surface area contributed by atoms with Crippen molar-refractivity contribution < 1.29 is 4.79 Å². The molecule has 21 heavy (non-hydrogen) atoms. The molecule has 0 radical (unpaired) electrons. The molecular weight excluding hydrogens is 282 g/mol. The van der Waals surface area contributed by atoms with Crippen LogP contribution in [0.25, 0.3) is 0 Å². The van der Waals surface area contributed by atoms with Gasteiger partial charge in [0.15, 0.2) is 0 Å². The number of hydrogen-bond donors (Lipinski definition) is 2. The smallest absolute Gasteiger partial charge is 0.255 e. The zero-order valence-corrected chi connectivity index (χ0v) is 12.8. The molecule has 1 amide bonds. The number of nitrogens with two attached hydrogens (primary N) is 1. The van der Waals surface area contributed by atoms with E-state index in [-0.39, 0.29) is 5.91 Å². The molecule has 0 aliphatic carbocycles. The summed E-state index contributed by atoms with van der Waals surface area (Å²) < 4.78 is 0. The van der Waals surface area contributed by atoms with Gasteiger partial charge in [-0.2, -0.15) is 0 Å². The minimum atomic E-state index is -0.166. The SMILES string of the molecule is CN(C)c1ccc(C(=O)Nc2cccc(C(N)=S)c2)cc1. The quantitative estimate of drug-likeness (QED) is 0.852. The van der Waals surface area contributed by atoms with Gasteiger partial charge in [-0.3, -0.25) is 4.79 Å². The normalized spacial score (nSPS) is 10.0. The third kappa shape index (κ3) is 3.79. The van der Waals surface area contributed by atoms with Crippen molar-refractivity contribution in [1.82, 2.24) is 0 Å². The van der Waals surface area contributed by atoms with Crippen LogP contribution in [0.5, 0.6) is 0 Å². The fourth-order valence-electron chi connectivity index (χ4n) is 1.86. The van der Waals surface area contributed by atoms with Gasteiger partial charge in [-0.05, 0) is 36.4 Å². The topological polar surface area (TPSA) is 58.4 Å². The summed E-state index contributed by atoms with van der Waals surface area (Å²) in [6.07, 6.45) is 0. The lowest BCUT2D eigenvalue weighted by Gasteiger charge is -2.12. The van der Waals surface area contributed by atoms with Gasteiger partial charge in [0, 0.05) is 36.6 Å². The lowest BCUT2D eigenvalue weighted by atomic mass is 10.1. The van der Waals surface area contributed by atoms with E-state index in [1.165, 1.54) is 0 Å². The van der Waals surface area contributed by atoms with Crippen molar-refractivity contribution in [3.63, 3.8) is 0 Å². The first-order valence-corrected chi connectivity index (χ1v) is 6.87. The number of nitrogens with one attached hydrogen (secondary N) is 1. The Morgan fingerprint density at radius 3 is 2.33 bits per heavy atom. The molecule has 0 unspecified atom stereocenters. The van der Waals surface area contributed by atoms with E-state index in [0.29, 0.717) is 16.2 Å². The van der Waals surface area contributed by atoms with Crippen molar-refractivity contribution in [1.29, 1.82) is 0 Å². The van der Waals surface area contributed by atoms with Gasteiger partial charge in [0.2, 0.25) is 0 Å². The molecule has 0 saturated heterocycles. The molecule has 2 aromatic carbocycles. The van der Waals surface area contributed by atoms with E-state index in [0.717, 1.165) is 11.3 Å². The molecular formula is C16H17N3OS. The van der Waals surface area contributed by atoms with Gasteiger partial charge in [-0.25, -0.2) is 0 Å². The largest absolute Gasteiger partial charge is 0.389 e. The standard InChI is InChI=1S/C16H17N3OS/c1-19(2)14-8-6-11(7-9-14)16(20)18-13-5-3-4-12(10-13)15(17)21/h3-10H,1-2H3,(H2,17,21)(H,18,20). The minimum absolute atomic E-state index is 0.166. The van der Waals surface area contributed by atoms with Gasteiger partial charge in [0.25, 0.3) is 5.91 Å². The Balaban J connectivity index is 2.14.